The Morgan fingerprint density at radius 1 is 1.15 bits per heavy atom. The van der Waals surface area contributed by atoms with Crippen LogP contribution in [0.25, 0.3) is 0 Å². The largest absolute Gasteiger partial charge is 0.493 e. The first-order valence-corrected chi connectivity index (χ1v) is 8.54. The first-order valence-electron chi connectivity index (χ1n) is 8.54. The number of benzene rings is 1. The van der Waals surface area contributed by atoms with Crippen molar-refractivity contribution in [3.05, 3.63) is 53.7 Å². The Kier molecular flexibility index (Phi) is 5.55. The zero-order chi connectivity index (χ0) is 18.5. The fourth-order valence-electron chi connectivity index (χ4n) is 2.91. The number of ether oxygens (including phenoxy) is 1. The summed E-state index contributed by atoms with van der Waals surface area (Å²) in [6.07, 6.45) is 1.71. The van der Waals surface area contributed by atoms with Gasteiger partial charge in [0.05, 0.1) is 24.9 Å². The molecule has 1 fully saturated rings. The van der Waals surface area contributed by atoms with Gasteiger partial charge < -0.3 is 19.0 Å². The van der Waals surface area contributed by atoms with E-state index in [4.69, 9.17) is 9.15 Å². The van der Waals surface area contributed by atoms with Crippen molar-refractivity contribution in [3.63, 3.8) is 0 Å². The summed E-state index contributed by atoms with van der Waals surface area (Å²) in [6, 6.07) is 7.50. The molecular weight excluding hydrogens is 339 g/mol. The van der Waals surface area contributed by atoms with Crippen molar-refractivity contribution < 1.29 is 23.1 Å². The maximum absolute atomic E-state index is 13.1. The van der Waals surface area contributed by atoms with Crippen LogP contribution in [0.5, 0.6) is 5.75 Å². The van der Waals surface area contributed by atoms with Gasteiger partial charge in [0.25, 0.3) is 5.91 Å². The molecule has 6 nitrogen and oxygen atoms in total. The van der Waals surface area contributed by atoms with E-state index in [1.807, 2.05) is 0 Å². The number of halogens is 1. The Balaban J connectivity index is 1.43. The van der Waals surface area contributed by atoms with Gasteiger partial charge in [0.1, 0.15) is 17.3 Å². The van der Waals surface area contributed by atoms with Gasteiger partial charge in [0.15, 0.2) is 0 Å². The van der Waals surface area contributed by atoms with Gasteiger partial charge in [-0.2, -0.15) is 0 Å². The molecule has 2 amide bonds. The number of aryl methyl sites for hydroxylation is 1. The smallest absolute Gasteiger partial charge is 0.257 e. The molecule has 0 unspecified atom stereocenters. The zero-order valence-electron chi connectivity index (χ0n) is 14.6. The minimum atomic E-state index is -0.373. The lowest BCUT2D eigenvalue weighted by atomic mass is 10.2. The van der Waals surface area contributed by atoms with Crippen molar-refractivity contribution in [3.8, 4) is 5.75 Å². The summed E-state index contributed by atoms with van der Waals surface area (Å²) in [6.45, 7) is 3.89. The van der Waals surface area contributed by atoms with E-state index in [-0.39, 0.29) is 30.7 Å². The molecule has 138 valence electrons. The normalized spacial score (nSPS) is 14.4. The van der Waals surface area contributed by atoms with Gasteiger partial charge in [-0.15, -0.1) is 0 Å². The molecule has 1 aliphatic rings. The van der Waals surface area contributed by atoms with Crippen molar-refractivity contribution in [2.45, 2.75) is 13.3 Å². The number of piperazine rings is 1. The molecule has 26 heavy (non-hydrogen) atoms. The Labute approximate surface area is 151 Å². The third-order valence-corrected chi connectivity index (χ3v) is 4.39. The highest BCUT2D eigenvalue weighted by atomic mass is 19.1. The number of furan rings is 1. The van der Waals surface area contributed by atoms with Crippen LogP contribution in [0.4, 0.5) is 4.39 Å². The molecule has 7 heteroatoms. The predicted molar refractivity (Wildman–Crippen MR) is 92.4 cm³/mol. The summed E-state index contributed by atoms with van der Waals surface area (Å²) in [5.74, 6) is 0.528. The molecule has 1 aliphatic heterocycles. The van der Waals surface area contributed by atoms with Crippen molar-refractivity contribution in [1.29, 1.82) is 0 Å². The zero-order valence-corrected chi connectivity index (χ0v) is 14.6. The van der Waals surface area contributed by atoms with Crippen LogP contribution in [0.15, 0.2) is 41.0 Å². The van der Waals surface area contributed by atoms with Gasteiger partial charge in [-0.25, -0.2) is 4.39 Å². The minimum Gasteiger partial charge on any atom is -0.493 e. The van der Waals surface area contributed by atoms with Crippen LogP contribution in [0, 0.1) is 12.7 Å². The third-order valence-electron chi connectivity index (χ3n) is 4.39. The highest BCUT2D eigenvalue weighted by molar-refractivity contribution is 5.95. The predicted octanol–water partition coefficient (Wildman–Crippen LogP) is 2.48. The number of carbonyl (C=O) groups is 2. The Morgan fingerprint density at radius 2 is 1.88 bits per heavy atom. The van der Waals surface area contributed by atoms with Crippen LogP contribution in [0.1, 0.15) is 22.5 Å². The number of hydrogen-bond acceptors (Lipinski definition) is 4. The SMILES string of the molecule is Cc1occc1C(=O)N1CCN(C(=O)CCOc2cccc(F)c2)CC1. The average molecular weight is 360 g/mol. The second kappa shape index (κ2) is 8.03. The molecule has 1 aromatic carbocycles. The molecule has 2 aromatic rings. The quantitative estimate of drug-likeness (QED) is 0.822. The number of carbonyl (C=O) groups excluding carboxylic acids is 2. The Morgan fingerprint density at radius 3 is 2.54 bits per heavy atom. The third kappa shape index (κ3) is 4.22. The van der Waals surface area contributed by atoms with Gasteiger partial charge in [0, 0.05) is 32.2 Å². The van der Waals surface area contributed by atoms with Gasteiger partial charge >= 0.3 is 0 Å². The van der Waals surface area contributed by atoms with E-state index in [2.05, 4.69) is 0 Å². The summed E-state index contributed by atoms with van der Waals surface area (Å²) in [7, 11) is 0. The van der Waals surface area contributed by atoms with E-state index < -0.39 is 0 Å². The maximum Gasteiger partial charge on any atom is 0.257 e. The lowest BCUT2D eigenvalue weighted by Gasteiger charge is -2.34. The fraction of sp³-hybridized carbons (Fsp3) is 0.368. The summed E-state index contributed by atoms with van der Waals surface area (Å²) in [5, 5.41) is 0. The Bertz CT molecular complexity index is 781. The van der Waals surface area contributed by atoms with Gasteiger partial charge in [-0.05, 0) is 25.1 Å². The van der Waals surface area contributed by atoms with E-state index in [1.54, 1.807) is 34.9 Å². The molecule has 2 heterocycles. The van der Waals surface area contributed by atoms with E-state index >= 15 is 0 Å². The highest BCUT2D eigenvalue weighted by Gasteiger charge is 2.26. The van der Waals surface area contributed by atoms with Crippen LogP contribution in [-0.2, 0) is 4.79 Å². The molecular formula is C19H21FN2O4. The first-order chi connectivity index (χ1) is 12.5. The summed E-state index contributed by atoms with van der Waals surface area (Å²) < 4.78 is 23.7. The first kappa shape index (κ1) is 18.0. The number of rotatable bonds is 5. The van der Waals surface area contributed by atoms with Crippen LogP contribution >= 0.6 is 0 Å². The van der Waals surface area contributed by atoms with Crippen molar-refractivity contribution in [1.82, 2.24) is 9.80 Å². The molecule has 0 spiro atoms. The molecule has 1 saturated heterocycles. The van der Waals surface area contributed by atoms with Crippen molar-refractivity contribution in [2.75, 3.05) is 32.8 Å². The summed E-state index contributed by atoms with van der Waals surface area (Å²) in [4.78, 5) is 28.1. The maximum atomic E-state index is 13.1. The van der Waals surface area contributed by atoms with Crippen LogP contribution in [0.3, 0.4) is 0 Å². The Hall–Kier alpha value is -2.83. The second-order valence-electron chi connectivity index (χ2n) is 6.12. The average Bonchev–Trinajstić information content (AvgIpc) is 3.07. The molecule has 0 atom stereocenters. The number of nitrogens with zero attached hydrogens (tertiary/aromatic N) is 2. The molecule has 0 saturated carbocycles. The van der Waals surface area contributed by atoms with Crippen LogP contribution in [0.2, 0.25) is 0 Å². The summed E-state index contributed by atoms with van der Waals surface area (Å²) >= 11 is 0. The second-order valence-corrected chi connectivity index (χ2v) is 6.12. The molecule has 1 aromatic heterocycles. The lowest BCUT2D eigenvalue weighted by molar-refractivity contribution is -0.133. The fourth-order valence-corrected chi connectivity index (χ4v) is 2.91. The molecule has 0 bridgehead atoms. The van der Waals surface area contributed by atoms with Gasteiger partial charge in [0.2, 0.25) is 5.91 Å². The van der Waals surface area contributed by atoms with Crippen LogP contribution in [-0.4, -0.2) is 54.4 Å². The number of hydrogen-bond donors (Lipinski definition) is 0. The van der Waals surface area contributed by atoms with Crippen molar-refractivity contribution in [2.24, 2.45) is 0 Å². The molecule has 0 N–H and O–H groups in total. The van der Waals surface area contributed by atoms with E-state index in [1.165, 1.54) is 18.4 Å². The van der Waals surface area contributed by atoms with Gasteiger partial charge in [-0.3, -0.25) is 9.59 Å². The monoisotopic (exact) mass is 360 g/mol. The molecule has 3 rings (SSSR count). The van der Waals surface area contributed by atoms with Crippen LogP contribution < -0.4 is 4.74 Å². The lowest BCUT2D eigenvalue weighted by Crippen LogP contribution is -2.50. The van der Waals surface area contributed by atoms with E-state index in [9.17, 15) is 14.0 Å². The topological polar surface area (TPSA) is 63.0 Å². The highest BCUT2D eigenvalue weighted by Crippen LogP contribution is 2.15. The minimum absolute atomic E-state index is 0.0343. The molecule has 0 aliphatic carbocycles. The van der Waals surface area contributed by atoms with Crippen molar-refractivity contribution >= 4 is 11.8 Å². The number of amides is 2. The van der Waals surface area contributed by atoms with Gasteiger partial charge in [-0.1, -0.05) is 6.07 Å². The van der Waals surface area contributed by atoms with E-state index in [0.717, 1.165) is 0 Å². The standard InChI is InChI=1S/C19H21FN2O4/c1-14-17(5-11-25-14)19(24)22-9-7-21(8-10-22)18(23)6-12-26-16-4-2-3-15(20)13-16/h2-5,11,13H,6-10,12H2,1H3. The molecule has 0 radical (unpaired) electrons. The van der Waals surface area contributed by atoms with E-state index in [0.29, 0.717) is 43.3 Å². The summed E-state index contributed by atoms with van der Waals surface area (Å²) in [5.41, 5.74) is 0.563.